The number of hydrogen-bond acceptors (Lipinski definition) is 3. The molecule has 1 aromatic heterocycles. The van der Waals surface area contributed by atoms with E-state index in [0.717, 1.165) is 6.54 Å². The van der Waals surface area contributed by atoms with E-state index in [4.69, 9.17) is 0 Å². The van der Waals surface area contributed by atoms with Gasteiger partial charge in [-0.25, -0.2) is 4.79 Å². The maximum absolute atomic E-state index is 11.6. The van der Waals surface area contributed by atoms with Crippen LogP contribution in [0.4, 0.5) is 0 Å². The fraction of sp³-hybridized carbons (Fsp3) is 0.636. The van der Waals surface area contributed by atoms with E-state index in [2.05, 4.69) is 19.2 Å². The van der Waals surface area contributed by atoms with Crippen LogP contribution in [0.1, 0.15) is 13.8 Å². The second kappa shape index (κ2) is 5.65. The van der Waals surface area contributed by atoms with Crippen LogP contribution in [0.25, 0.3) is 0 Å². The highest BCUT2D eigenvalue weighted by molar-refractivity contribution is 4.85. The number of aromatic nitrogens is 2. The van der Waals surface area contributed by atoms with Crippen molar-refractivity contribution in [2.45, 2.75) is 20.4 Å². The van der Waals surface area contributed by atoms with Gasteiger partial charge in [0, 0.05) is 32.4 Å². The van der Waals surface area contributed by atoms with Crippen molar-refractivity contribution in [3.8, 4) is 0 Å². The molecule has 0 aliphatic rings. The van der Waals surface area contributed by atoms with Gasteiger partial charge in [0.25, 0.3) is 5.56 Å². The summed E-state index contributed by atoms with van der Waals surface area (Å²) in [5.74, 6) is 0.565. The summed E-state index contributed by atoms with van der Waals surface area (Å²) in [5.41, 5.74) is -0.506. The van der Waals surface area contributed by atoms with Crippen LogP contribution in [0.2, 0.25) is 0 Å². The standard InChI is InChI=1S/C11H19N3O2/c1-9(2)8-12-5-7-14-10(15)4-6-13(3)11(14)16/h4,6,9,12H,5,7-8H2,1-3H3. The Morgan fingerprint density at radius 3 is 2.69 bits per heavy atom. The minimum Gasteiger partial charge on any atom is -0.315 e. The first-order valence-electron chi connectivity index (χ1n) is 5.49. The molecule has 1 heterocycles. The summed E-state index contributed by atoms with van der Waals surface area (Å²) in [5, 5.41) is 3.20. The van der Waals surface area contributed by atoms with E-state index >= 15 is 0 Å². The van der Waals surface area contributed by atoms with Gasteiger partial charge >= 0.3 is 5.69 Å². The lowest BCUT2D eigenvalue weighted by Crippen LogP contribution is -2.40. The third-order valence-corrected chi connectivity index (χ3v) is 2.30. The molecule has 0 spiro atoms. The van der Waals surface area contributed by atoms with Crippen molar-refractivity contribution in [2.75, 3.05) is 13.1 Å². The molecule has 0 radical (unpaired) electrons. The first-order valence-corrected chi connectivity index (χ1v) is 5.49. The molecule has 0 fully saturated rings. The molecule has 0 aromatic carbocycles. The van der Waals surface area contributed by atoms with E-state index < -0.39 is 0 Å². The maximum atomic E-state index is 11.6. The summed E-state index contributed by atoms with van der Waals surface area (Å²) in [7, 11) is 1.64. The Labute approximate surface area is 94.7 Å². The van der Waals surface area contributed by atoms with Gasteiger partial charge in [0.15, 0.2) is 0 Å². The van der Waals surface area contributed by atoms with Crippen LogP contribution in [-0.2, 0) is 13.6 Å². The zero-order valence-corrected chi connectivity index (χ0v) is 10.1. The predicted octanol–water partition coefficient (Wildman–Crippen LogP) is -0.207. The van der Waals surface area contributed by atoms with Crippen molar-refractivity contribution in [1.29, 1.82) is 0 Å². The lowest BCUT2D eigenvalue weighted by molar-refractivity contribution is 0.503. The van der Waals surface area contributed by atoms with E-state index in [-0.39, 0.29) is 11.2 Å². The molecule has 0 aliphatic heterocycles. The number of nitrogens with zero attached hydrogens (tertiary/aromatic N) is 2. The van der Waals surface area contributed by atoms with Gasteiger partial charge in [-0.3, -0.25) is 9.36 Å². The number of nitrogens with one attached hydrogen (secondary N) is 1. The molecule has 0 saturated heterocycles. The normalized spacial score (nSPS) is 11.0. The fourth-order valence-corrected chi connectivity index (χ4v) is 1.40. The monoisotopic (exact) mass is 225 g/mol. The van der Waals surface area contributed by atoms with E-state index in [0.29, 0.717) is 19.0 Å². The van der Waals surface area contributed by atoms with E-state index in [1.165, 1.54) is 21.4 Å². The molecule has 0 unspecified atom stereocenters. The first kappa shape index (κ1) is 12.7. The molecular weight excluding hydrogens is 206 g/mol. The molecule has 5 nitrogen and oxygen atoms in total. The fourth-order valence-electron chi connectivity index (χ4n) is 1.40. The van der Waals surface area contributed by atoms with Gasteiger partial charge in [-0.15, -0.1) is 0 Å². The van der Waals surface area contributed by atoms with Crippen LogP contribution in [0.3, 0.4) is 0 Å². The van der Waals surface area contributed by atoms with Crippen molar-refractivity contribution in [3.05, 3.63) is 33.1 Å². The van der Waals surface area contributed by atoms with E-state index in [9.17, 15) is 9.59 Å². The zero-order chi connectivity index (χ0) is 12.1. The summed E-state index contributed by atoms with van der Waals surface area (Å²) in [4.78, 5) is 23.1. The summed E-state index contributed by atoms with van der Waals surface area (Å²) in [6.07, 6.45) is 1.49. The van der Waals surface area contributed by atoms with Crippen molar-refractivity contribution in [2.24, 2.45) is 13.0 Å². The van der Waals surface area contributed by atoms with Gasteiger partial charge < -0.3 is 9.88 Å². The molecule has 0 aliphatic carbocycles. The molecule has 5 heteroatoms. The molecule has 16 heavy (non-hydrogen) atoms. The molecule has 0 atom stereocenters. The topological polar surface area (TPSA) is 56.0 Å². The lowest BCUT2D eigenvalue weighted by Gasteiger charge is -2.09. The van der Waals surface area contributed by atoms with Crippen molar-refractivity contribution < 1.29 is 0 Å². The SMILES string of the molecule is CC(C)CNCCn1c(=O)ccn(C)c1=O. The third kappa shape index (κ3) is 3.34. The highest BCUT2D eigenvalue weighted by Crippen LogP contribution is 1.86. The smallest absolute Gasteiger partial charge is 0.315 e. The Hall–Kier alpha value is -1.36. The van der Waals surface area contributed by atoms with Gasteiger partial charge in [0.2, 0.25) is 0 Å². The number of hydrogen-bond donors (Lipinski definition) is 1. The Bertz CT molecular complexity index is 445. The lowest BCUT2D eigenvalue weighted by atomic mass is 10.2. The predicted molar refractivity (Wildman–Crippen MR) is 63.7 cm³/mol. The van der Waals surface area contributed by atoms with E-state index in [1.54, 1.807) is 7.05 Å². The Balaban J connectivity index is 2.64. The van der Waals surface area contributed by atoms with Crippen LogP contribution >= 0.6 is 0 Å². The molecular formula is C11H19N3O2. The molecule has 0 saturated carbocycles. The number of rotatable bonds is 5. The minimum absolute atomic E-state index is 0.241. The molecule has 0 bridgehead atoms. The Kier molecular flexibility index (Phi) is 4.49. The van der Waals surface area contributed by atoms with Crippen LogP contribution < -0.4 is 16.6 Å². The van der Waals surface area contributed by atoms with Gasteiger partial charge in [0.1, 0.15) is 0 Å². The van der Waals surface area contributed by atoms with Gasteiger partial charge in [-0.2, -0.15) is 0 Å². The molecule has 90 valence electrons. The molecule has 1 N–H and O–H groups in total. The second-order valence-corrected chi connectivity index (χ2v) is 4.30. The maximum Gasteiger partial charge on any atom is 0.330 e. The average molecular weight is 225 g/mol. The van der Waals surface area contributed by atoms with Crippen LogP contribution in [-0.4, -0.2) is 22.2 Å². The highest BCUT2D eigenvalue weighted by Gasteiger charge is 2.02. The molecule has 1 rings (SSSR count). The Morgan fingerprint density at radius 1 is 1.38 bits per heavy atom. The Morgan fingerprint density at radius 2 is 2.06 bits per heavy atom. The quantitative estimate of drug-likeness (QED) is 0.706. The van der Waals surface area contributed by atoms with Crippen molar-refractivity contribution >= 4 is 0 Å². The average Bonchev–Trinajstić information content (AvgIpc) is 2.22. The third-order valence-electron chi connectivity index (χ3n) is 2.30. The summed E-state index contributed by atoms with van der Waals surface area (Å²) >= 11 is 0. The van der Waals surface area contributed by atoms with Gasteiger partial charge in [-0.05, 0) is 12.5 Å². The van der Waals surface area contributed by atoms with Crippen LogP contribution in [0, 0.1) is 5.92 Å². The summed E-state index contributed by atoms with van der Waals surface area (Å²) in [6.45, 7) is 6.17. The number of aryl methyl sites for hydroxylation is 1. The largest absolute Gasteiger partial charge is 0.330 e. The zero-order valence-electron chi connectivity index (χ0n) is 10.1. The molecule has 1 aromatic rings. The van der Waals surface area contributed by atoms with Crippen LogP contribution in [0.5, 0.6) is 0 Å². The summed E-state index contributed by atoms with van der Waals surface area (Å²) in [6, 6.07) is 1.41. The van der Waals surface area contributed by atoms with Crippen LogP contribution in [0.15, 0.2) is 21.9 Å². The second-order valence-electron chi connectivity index (χ2n) is 4.30. The minimum atomic E-state index is -0.265. The van der Waals surface area contributed by atoms with Gasteiger partial charge in [-0.1, -0.05) is 13.8 Å². The first-order chi connectivity index (χ1) is 7.52. The van der Waals surface area contributed by atoms with Gasteiger partial charge in [0.05, 0.1) is 0 Å². The van der Waals surface area contributed by atoms with Crippen molar-refractivity contribution in [1.82, 2.24) is 14.5 Å². The van der Waals surface area contributed by atoms with E-state index in [1.807, 2.05) is 0 Å². The highest BCUT2D eigenvalue weighted by atomic mass is 16.2. The summed E-state index contributed by atoms with van der Waals surface area (Å²) < 4.78 is 2.65. The van der Waals surface area contributed by atoms with Crippen molar-refractivity contribution in [3.63, 3.8) is 0 Å². The molecule has 0 amide bonds.